The molecule has 1 amide bonds. The Kier molecular flexibility index (Phi) is 7.50. The molecule has 1 saturated heterocycles. The first-order valence-electron chi connectivity index (χ1n) is 7.06. The summed E-state index contributed by atoms with van der Waals surface area (Å²) in [7, 11) is 1.62. The number of methoxy groups -OCH3 is 1. The monoisotopic (exact) mass is 313 g/mol. The molecule has 6 heteroatoms. The number of hydrogen-bond acceptors (Lipinski definition) is 4. The smallest absolute Gasteiger partial charge is 0.251 e. The van der Waals surface area contributed by atoms with Crippen LogP contribution in [0.2, 0.25) is 0 Å². The average Bonchev–Trinajstić information content (AvgIpc) is 2.48. The fourth-order valence-corrected chi connectivity index (χ4v) is 2.33. The van der Waals surface area contributed by atoms with Crippen LogP contribution in [0.4, 0.5) is 0 Å². The van der Waals surface area contributed by atoms with E-state index in [2.05, 4.69) is 15.5 Å². The van der Waals surface area contributed by atoms with Crippen LogP contribution in [0.15, 0.2) is 18.2 Å². The fourth-order valence-electron chi connectivity index (χ4n) is 2.33. The summed E-state index contributed by atoms with van der Waals surface area (Å²) < 4.78 is 5.24. The van der Waals surface area contributed by atoms with Gasteiger partial charge in [-0.1, -0.05) is 6.07 Å². The lowest BCUT2D eigenvalue weighted by atomic mass is 10.1. The number of halogens is 1. The van der Waals surface area contributed by atoms with Gasteiger partial charge in [-0.25, -0.2) is 0 Å². The minimum atomic E-state index is -0.0431. The second-order valence-corrected chi connectivity index (χ2v) is 5.03. The number of piperazine rings is 1. The van der Waals surface area contributed by atoms with Crippen molar-refractivity contribution >= 4 is 18.3 Å². The number of benzene rings is 1. The van der Waals surface area contributed by atoms with E-state index >= 15 is 0 Å². The third-order valence-electron chi connectivity index (χ3n) is 3.59. The predicted octanol–water partition coefficient (Wildman–Crippen LogP) is 1.06. The van der Waals surface area contributed by atoms with Crippen molar-refractivity contribution in [1.29, 1.82) is 0 Å². The molecule has 2 rings (SSSR count). The number of nitrogens with zero attached hydrogens (tertiary/aromatic N) is 1. The zero-order chi connectivity index (χ0) is 14.4. The summed E-state index contributed by atoms with van der Waals surface area (Å²) in [5, 5.41) is 6.28. The maximum absolute atomic E-state index is 12.1. The minimum absolute atomic E-state index is 0. The van der Waals surface area contributed by atoms with Crippen LogP contribution < -0.4 is 15.4 Å². The van der Waals surface area contributed by atoms with Crippen LogP contribution in [-0.4, -0.2) is 57.2 Å². The molecule has 0 bridgehead atoms. The van der Waals surface area contributed by atoms with Crippen molar-refractivity contribution in [2.24, 2.45) is 0 Å². The van der Waals surface area contributed by atoms with Gasteiger partial charge in [0.15, 0.2) is 0 Å². The number of nitrogens with one attached hydrogen (secondary N) is 2. The zero-order valence-corrected chi connectivity index (χ0v) is 13.5. The van der Waals surface area contributed by atoms with E-state index < -0.39 is 0 Å². The molecule has 1 aliphatic rings. The first-order valence-corrected chi connectivity index (χ1v) is 7.06. The molecule has 1 aromatic rings. The van der Waals surface area contributed by atoms with Gasteiger partial charge in [0.2, 0.25) is 0 Å². The van der Waals surface area contributed by atoms with E-state index in [4.69, 9.17) is 4.74 Å². The van der Waals surface area contributed by atoms with Gasteiger partial charge in [-0.2, -0.15) is 0 Å². The van der Waals surface area contributed by atoms with E-state index in [0.717, 1.165) is 44.0 Å². The highest BCUT2D eigenvalue weighted by molar-refractivity contribution is 5.94. The normalized spacial score (nSPS) is 15.1. The summed E-state index contributed by atoms with van der Waals surface area (Å²) in [6.07, 6.45) is 0. The van der Waals surface area contributed by atoms with E-state index in [-0.39, 0.29) is 18.3 Å². The molecule has 1 aromatic carbocycles. The van der Waals surface area contributed by atoms with Crippen LogP contribution in [0.1, 0.15) is 15.9 Å². The lowest BCUT2D eigenvalue weighted by Crippen LogP contribution is -2.46. The van der Waals surface area contributed by atoms with Gasteiger partial charge in [-0.15, -0.1) is 12.4 Å². The van der Waals surface area contributed by atoms with E-state index in [1.165, 1.54) is 0 Å². The molecule has 2 N–H and O–H groups in total. The minimum Gasteiger partial charge on any atom is -0.496 e. The number of aryl methyl sites for hydroxylation is 1. The van der Waals surface area contributed by atoms with Crippen LogP contribution in [-0.2, 0) is 0 Å². The molecular formula is C15H24ClN3O2. The first-order chi connectivity index (χ1) is 9.70. The highest BCUT2D eigenvalue weighted by Crippen LogP contribution is 2.18. The molecule has 0 aliphatic carbocycles. The summed E-state index contributed by atoms with van der Waals surface area (Å²) in [5.74, 6) is 0.707. The standard InChI is InChI=1S/C15H23N3O2.ClH/c1-12-3-4-13(11-14(12)20-2)15(19)17-7-10-18-8-5-16-6-9-18;/h3-4,11,16H,5-10H2,1-2H3,(H,17,19);1H. The molecule has 1 heterocycles. The highest BCUT2D eigenvalue weighted by atomic mass is 35.5. The Morgan fingerprint density at radius 1 is 1.38 bits per heavy atom. The van der Waals surface area contributed by atoms with Gasteiger partial charge < -0.3 is 15.4 Å². The molecule has 0 aromatic heterocycles. The van der Waals surface area contributed by atoms with Crippen molar-refractivity contribution in [3.05, 3.63) is 29.3 Å². The van der Waals surface area contributed by atoms with Gasteiger partial charge >= 0.3 is 0 Å². The van der Waals surface area contributed by atoms with Gasteiger partial charge in [-0.05, 0) is 24.6 Å². The van der Waals surface area contributed by atoms with Crippen LogP contribution >= 0.6 is 12.4 Å². The topological polar surface area (TPSA) is 53.6 Å². The van der Waals surface area contributed by atoms with E-state index in [1.54, 1.807) is 13.2 Å². The van der Waals surface area contributed by atoms with Gasteiger partial charge in [0.1, 0.15) is 5.75 Å². The number of carbonyl (C=O) groups is 1. The quantitative estimate of drug-likeness (QED) is 0.853. The van der Waals surface area contributed by atoms with E-state index in [9.17, 15) is 4.79 Å². The van der Waals surface area contributed by atoms with Gasteiger partial charge in [-0.3, -0.25) is 9.69 Å². The second kappa shape index (κ2) is 8.87. The SMILES string of the molecule is COc1cc(C(=O)NCCN2CCNCC2)ccc1C.Cl. The summed E-state index contributed by atoms with van der Waals surface area (Å²) >= 11 is 0. The third kappa shape index (κ3) is 5.19. The number of ether oxygens (including phenoxy) is 1. The first kappa shape index (κ1) is 17.8. The van der Waals surface area contributed by atoms with Gasteiger partial charge in [0.05, 0.1) is 7.11 Å². The van der Waals surface area contributed by atoms with Crippen LogP contribution in [0.25, 0.3) is 0 Å². The zero-order valence-electron chi connectivity index (χ0n) is 12.6. The molecule has 1 fully saturated rings. The molecule has 118 valence electrons. The average molecular weight is 314 g/mol. The maximum atomic E-state index is 12.1. The Morgan fingerprint density at radius 3 is 2.76 bits per heavy atom. The molecule has 1 aliphatic heterocycles. The molecule has 0 unspecified atom stereocenters. The Balaban J connectivity index is 0.00000220. The third-order valence-corrected chi connectivity index (χ3v) is 3.59. The fraction of sp³-hybridized carbons (Fsp3) is 0.533. The summed E-state index contributed by atoms with van der Waals surface area (Å²) in [5.41, 5.74) is 1.68. The Bertz CT molecular complexity index is 462. The maximum Gasteiger partial charge on any atom is 0.251 e. The van der Waals surface area contributed by atoms with Crippen molar-refractivity contribution in [1.82, 2.24) is 15.5 Å². The van der Waals surface area contributed by atoms with Gasteiger partial charge in [0.25, 0.3) is 5.91 Å². The molecule has 0 spiro atoms. The number of carbonyl (C=O) groups excluding carboxylic acids is 1. The van der Waals surface area contributed by atoms with E-state index in [0.29, 0.717) is 12.1 Å². The van der Waals surface area contributed by atoms with Gasteiger partial charge in [0, 0.05) is 44.8 Å². The predicted molar refractivity (Wildman–Crippen MR) is 86.6 cm³/mol. The molecule has 0 atom stereocenters. The number of hydrogen-bond donors (Lipinski definition) is 2. The molecule has 0 radical (unpaired) electrons. The molecule has 5 nitrogen and oxygen atoms in total. The Hall–Kier alpha value is -1.30. The van der Waals surface area contributed by atoms with E-state index in [1.807, 2.05) is 19.1 Å². The molecular weight excluding hydrogens is 290 g/mol. The second-order valence-electron chi connectivity index (χ2n) is 5.03. The van der Waals surface area contributed by atoms with Crippen molar-refractivity contribution in [3.63, 3.8) is 0 Å². The number of rotatable bonds is 5. The largest absolute Gasteiger partial charge is 0.496 e. The highest BCUT2D eigenvalue weighted by Gasteiger charge is 2.11. The molecule has 0 saturated carbocycles. The lowest BCUT2D eigenvalue weighted by Gasteiger charge is -2.27. The molecule has 21 heavy (non-hydrogen) atoms. The Labute approximate surface area is 132 Å². The van der Waals surface area contributed by atoms with Crippen molar-refractivity contribution in [2.45, 2.75) is 6.92 Å². The van der Waals surface area contributed by atoms with Crippen LogP contribution in [0.5, 0.6) is 5.75 Å². The lowest BCUT2D eigenvalue weighted by molar-refractivity contribution is 0.0947. The summed E-state index contributed by atoms with van der Waals surface area (Å²) in [6.45, 7) is 7.70. The Morgan fingerprint density at radius 2 is 2.10 bits per heavy atom. The van der Waals surface area contributed by atoms with Crippen LogP contribution in [0, 0.1) is 6.92 Å². The van der Waals surface area contributed by atoms with Crippen molar-refractivity contribution < 1.29 is 9.53 Å². The summed E-state index contributed by atoms with van der Waals surface area (Å²) in [4.78, 5) is 14.4. The van der Waals surface area contributed by atoms with Crippen molar-refractivity contribution in [3.8, 4) is 5.75 Å². The summed E-state index contributed by atoms with van der Waals surface area (Å²) in [6, 6.07) is 5.53. The van der Waals surface area contributed by atoms with Crippen molar-refractivity contribution in [2.75, 3.05) is 46.4 Å². The number of amides is 1. The van der Waals surface area contributed by atoms with Crippen LogP contribution in [0.3, 0.4) is 0 Å².